The molecular formula is C10H19NO. The molecule has 1 rings (SSSR count). The second kappa shape index (κ2) is 6.21. The van der Waals surface area contributed by atoms with Crippen molar-refractivity contribution in [3.8, 4) is 0 Å². The van der Waals surface area contributed by atoms with Gasteiger partial charge in [0.25, 0.3) is 0 Å². The lowest BCUT2D eigenvalue weighted by molar-refractivity contribution is 0.0485. The van der Waals surface area contributed by atoms with Gasteiger partial charge in [-0.25, -0.2) is 0 Å². The molecule has 0 radical (unpaired) electrons. The van der Waals surface area contributed by atoms with Crippen LogP contribution in [0.1, 0.15) is 25.7 Å². The summed E-state index contributed by atoms with van der Waals surface area (Å²) in [6.07, 6.45) is 7.00. The molecular weight excluding hydrogens is 150 g/mol. The first-order valence-corrected chi connectivity index (χ1v) is 4.86. The molecule has 1 unspecified atom stereocenters. The average molecular weight is 169 g/mol. The monoisotopic (exact) mass is 169 g/mol. The number of hydrogen-bond acceptors (Lipinski definition) is 2. The minimum atomic E-state index is 0.486. The SMILES string of the molecule is C=CCCOC1CCCNCC1. The number of rotatable bonds is 4. The van der Waals surface area contributed by atoms with Gasteiger partial charge in [-0.1, -0.05) is 6.08 Å². The third-order valence-corrected chi connectivity index (χ3v) is 2.20. The highest BCUT2D eigenvalue weighted by Gasteiger charge is 2.10. The van der Waals surface area contributed by atoms with Gasteiger partial charge in [0.1, 0.15) is 0 Å². The predicted molar refractivity (Wildman–Crippen MR) is 51.3 cm³/mol. The molecule has 0 bridgehead atoms. The quantitative estimate of drug-likeness (QED) is 0.511. The van der Waals surface area contributed by atoms with Crippen molar-refractivity contribution in [1.29, 1.82) is 0 Å². The van der Waals surface area contributed by atoms with E-state index in [-0.39, 0.29) is 0 Å². The molecule has 0 aliphatic carbocycles. The normalized spacial score (nSPS) is 24.8. The Labute approximate surface area is 75.0 Å². The van der Waals surface area contributed by atoms with Crippen molar-refractivity contribution in [3.63, 3.8) is 0 Å². The van der Waals surface area contributed by atoms with Crippen molar-refractivity contribution in [2.75, 3.05) is 19.7 Å². The highest BCUT2D eigenvalue weighted by atomic mass is 16.5. The zero-order valence-electron chi connectivity index (χ0n) is 7.72. The molecule has 1 aliphatic rings. The summed E-state index contributed by atoms with van der Waals surface area (Å²) >= 11 is 0. The summed E-state index contributed by atoms with van der Waals surface area (Å²) in [4.78, 5) is 0. The van der Waals surface area contributed by atoms with Crippen LogP contribution >= 0.6 is 0 Å². The lowest BCUT2D eigenvalue weighted by Gasteiger charge is -2.13. The van der Waals surface area contributed by atoms with Gasteiger partial charge in [-0.2, -0.15) is 0 Å². The van der Waals surface area contributed by atoms with E-state index in [2.05, 4.69) is 11.9 Å². The van der Waals surface area contributed by atoms with Gasteiger partial charge in [0.15, 0.2) is 0 Å². The van der Waals surface area contributed by atoms with Gasteiger partial charge >= 0.3 is 0 Å². The van der Waals surface area contributed by atoms with Gasteiger partial charge in [0.2, 0.25) is 0 Å². The van der Waals surface area contributed by atoms with Crippen molar-refractivity contribution in [2.45, 2.75) is 31.8 Å². The van der Waals surface area contributed by atoms with Crippen LogP contribution in [0.5, 0.6) is 0 Å². The van der Waals surface area contributed by atoms with Crippen LogP contribution < -0.4 is 5.32 Å². The Kier molecular flexibility index (Phi) is 5.04. The van der Waals surface area contributed by atoms with E-state index in [0.717, 1.165) is 32.5 Å². The van der Waals surface area contributed by atoms with Crippen LogP contribution in [0.2, 0.25) is 0 Å². The first-order chi connectivity index (χ1) is 5.93. The van der Waals surface area contributed by atoms with E-state index in [4.69, 9.17) is 4.74 Å². The Morgan fingerprint density at radius 1 is 1.42 bits per heavy atom. The van der Waals surface area contributed by atoms with Gasteiger partial charge in [-0.15, -0.1) is 6.58 Å². The summed E-state index contributed by atoms with van der Waals surface area (Å²) < 4.78 is 5.69. The van der Waals surface area contributed by atoms with Crippen LogP contribution in [0.15, 0.2) is 12.7 Å². The van der Waals surface area contributed by atoms with Gasteiger partial charge in [-0.05, 0) is 38.8 Å². The fourth-order valence-corrected chi connectivity index (χ4v) is 1.47. The molecule has 2 heteroatoms. The zero-order valence-corrected chi connectivity index (χ0v) is 7.72. The van der Waals surface area contributed by atoms with E-state index in [1.54, 1.807) is 0 Å². The Balaban J connectivity index is 2.07. The number of ether oxygens (including phenoxy) is 1. The van der Waals surface area contributed by atoms with Crippen LogP contribution in [-0.4, -0.2) is 25.8 Å². The van der Waals surface area contributed by atoms with Crippen LogP contribution in [0, 0.1) is 0 Å². The maximum atomic E-state index is 5.69. The Hall–Kier alpha value is -0.340. The molecule has 0 aromatic heterocycles. The van der Waals surface area contributed by atoms with Gasteiger partial charge in [-0.3, -0.25) is 0 Å². The van der Waals surface area contributed by atoms with Crippen molar-refractivity contribution in [2.24, 2.45) is 0 Å². The minimum Gasteiger partial charge on any atom is -0.378 e. The third-order valence-electron chi connectivity index (χ3n) is 2.20. The third kappa shape index (κ3) is 3.88. The van der Waals surface area contributed by atoms with Crippen LogP contribution in [-0.2, 0) is 4.74 Å². The van der Waals surface area contributed by atoms with E-state index in [1.165, 1.54) is 12.8 Å². The average Bonchev–Trinajstić information content (AvgIpc) is 2.33. The first kappa shape index (κ1) is 9.75. The Morgan fingerprint density at radius 3 is 3.17 bits per heavy atom. The molecule has 0 spiro atoms. The van der Waals surface area contributed by atoms with E-state index >= 15 is 0 Å². The van der Waals surface area contributed by atoms with E-state index in [9.17, 15) is 0 Å². The smallest absolute Gasteiger partial charge is 0.0587 e. The molecule has 0 aromatic carbocycles. The van der Waals surface area contributed by atoms with Crippen LogP contribution in [0.4, 0.5) is 0 Å². The summed E-state index contributed by atoms with van der Waals surface area (Å²) in [6.45, 7) is 6.77. The summed E-state index contributed by atoms with van der Waals surface area (Å²) in [6, 6.07) is 0. The molecule has 12 heavy (non-hydrogen) atoms. The molecule has 70 valence electrons. The summed E-state index contributed by atoms with van der Waals surface area (Å²) in [5, 5.41) is 3.37. The first-order valence-electron chi connectivity index (χ1n) is 4.86. The van der Waals surface area contributed by atoms with E-state index in [1.807, 2.05) is 6.08 Å². The highest BCUT2D eigenvalue weighted by molar-refractivity contribution is 4.69. The molecule has 1 saturated heterocycles. The fourth-order valence-electron chi connectivity index (χ4n) is 1.47. The fraction of sp³-hybridized carbons (Fsp3) is 0.800. The number of hydrogen-bond donors (Lipinski definition) is 1. The lowest BCUT2D eigenvalue weighted by Crippen LogP contribution is -2.17. The maximum absolute atomic E-state index is 5.69. The second-order valence-electron chi connectivity index (χ2n) is 3.25. The summed E-state index contributed by atoms with van der Waals surface area (Å²) in [7, 11) is 0. The molecule has 0 aromatic rings. The van der Waals surface area contributed by atoms with Crippen molar-refractivity contribution < 1.29 is 4.74 Å². The Morgan fingerprint density at radius 2 is 2.33 bits per heavy atom. The molecule has 1 aliphatic heterocycles. The minimum absolute atomic E-state index is 0.486. The second-order valence-corrected chi connectivity index (χ2v) is 3.25. The zero-order chi connectivity index (χ0) is 8.65. The van der Waals surface area contributed by atoms with Gasteiger partial charge in [0.05, 0.1) is 12.7 Å². The summed E-state index contributed by atoms with van der Waals surface area (Å²) in [5.74, 6) is 0. The van der Waals surface area contributed by atoms with Crippen LogP contribution in [0.3, 0.4) is 0 Å². The Bertz CT molecular complexity index is 117. The number of nitrogens with one attached hydrogen (secondary N) is 1. The van der Waals surface area contributed by atoms with Gasteiger partial charge in [0, 0.05) is 0 Å². The predicted octanol–water partition coefficient (Wildman–Crippen LogP) is 1.72. The topological polar surface area (TPSA) is 21.3 Å². The molecule has 1 heterocycles. The standard InChI is InChI=1S/C10H19NO/c1-2-3-9-12-10-5-4-7-11-8-6-10/h2,10-11H,1,3-9H2. The van der Waals surface area contributed by atoms with Crippen molar-refractivity contribution in [3.05, 3.63) is 12.7 Å². The lowest BCUT2D eigenvalue weighted by atomic mass is 10.1. The van der Waals surface area contributed by atoms with Gasteiger partial charge < -0.3 is 10.1 Å². The van der Waals surface area contributed by atoms with Crippen molar-refractivity contribution >= 4 is 0 Å². The molecule has 1 N–H and O–H groups in total. The van der Waals surface area contributed by atoms with Crippen molar-refractivity contribution in [1.82, 2.24) is 5.32 Å². The largest absolute Gasteiger partial charge is 0.378 e. The summed E-state index contributed by atoms with van der Waals surface area (Å²) in [5.41, 5.74) is 0. The molecule has 1 fully saturated rings. The van der Waals surface area contributed by atoms with E-state index < -0.39 is 0 Å². The van der Waals surface area contributed by atoms with Crippen LogP contribution in [0.25, 0.3) is 0 Å². The highest BCUT2D eigenvalue weighted by Crippen LogP contribution is 2.09. The molecule has 0 amide bonds. The molecule has 0 saturated carbocycles. The maximum Gasteiger partial charge on any atom is 0.0587 e. The molecule has 2 nitrogen and oxygen atoms in total. The molecule has 1 atom stereocenters. The van der Waals surface area contributed by atoms with E-state index in [0.29, 0.717) is 6.10 Å².